The van der Waals surface area contributed by atoms with Crippen molar-refractivity contribution in [2.24, 2.45) is 5.73 Å². The van der Waals surface area contributed by atoms with Crippen LogP contribution in [0.3, 0.4) is 0 Å². The maximum atomic E-state index is 12.9. The van der Waals surface area contributed by atoms with E-state index in [0.717, 1.165) is 0 Å². The van der Waals surface area contributed by atoms with Gasteiger partial charge in [-0.15, -0.1) is 0 Å². The van der Waals surface area contributed by atoms with Crippen LogP contribution in [-0.2, 0) is 0 Å². The normalized spacial score (nSPS) is 14.8. The Morgan fingerprint density at radius 2 is 2.58 bits per heavy atom. The van der Waals surface area contributed by atoms with Crippen LogP contribution in [0.15, 0.2) is 28.4 Å². The third kappa shape index (κ3) is 2.20. The molecule has 1 atom stereocenters. The second-order valence-electron chi connectivity index (χ2n) is 2.61. The van der Waals surface area contributed by atoms with Crippen molar-refractivity contribution in [3.05, 3.63) is 29.7 Å². The fourth-order valence-corrected chi connectivity index (χ4v) is 0.874. The van der Waals surface area contributed by atoms with E-state index in [1.54, 1.807) is 31.4 Å². The van der Waals surface area contributed by atoms with Crippen molar-refractivity contribution < 1.29 is 8.81 Å². The number of hydrogen-bond acceptors (Lipinski definition) is 2. The molecular formula is C9H12FNO. The van der Waals surface area contributed by atoms with Crippen molar-refractivity contribution in [2.75, 3.05) is 6.54 Å². The number of furan rings is 1. The lowest BCUT2D eigenvalue weighted by molar-refractivity contribution is 0.391. The highest BCUT2D eigenvalue weighted by Crippen LogP contribution is 2.11. The van der Waals surface area contributed by atoms with Gasteiger partial charge in [0.15, 0.2) is 0 Å². The number of rotatable bonds is 3. The first-order chi connectivity index (χ1) is 5.74. The lowest BCUT2D eigenvalue weighted by Crippen LogP contribution is -2.15. The predicted octanol–water partition coefficient (Wildman–Crippen LogP) is 1.98. The zero-order valence-electron chi connectivity index (χ0n) is 6.96. The summed E-state index contributed by atoms with van der Waals surface area (Å²) in [6.07, 6.45) is 2.13. The van der Waals surface area contributed by atoms with E-state index in [9.17, 15) is 4.39 Å². The molecule has 0 aromatic carbocycles. The SMILES string of the molecule is C/C(=C\c1ccco1)C(F)CN. The Hall–Kier alpha value is -1.09. The van der Waals surface area contributed by atoms with E-state index in [2.05, 4.69) is 0 Å². The number of halogens is 1. The topological polar surface area (TPSA) is 39.2 Å². The van der Waals surface area contributed by atoms with Crippen LogP contribution in [-0.4, -0.2) is 12.7 Å². The minimum atomic E-state index is -1.07. The Morgan fingerprint density at radius 1 is 1.83 bits per heavy atom. The molecule has 2 N–H and O–H groups in total. The fraction of sp³-hybridized carbons (Fsp3) is 0.333. The lowest BCUT2D eigenvalue weighted by atomic mass is 10.1. The van der Waals surface area contributed by atoms with E-state index in [-0.39, 0.29) is 6.54 Å². The molecular weight excluding hydrogens is 157 g/mol. The Balaban J connectivity index is 2.69. The summed E-state index contributed by atoms with van der Waals surface area (Å²) in [6.45, 7) is 1.71. The molecule has 0 bridgehead atoms. The molecule has 0 aliphatic heterocycles. The molecule has 0 amide bonds. The molecule has 2 nitrogen and oxygen atoms in total. The predicted molar refractivity (Wildman–Crippen MR) is 46.3 cm³/mol. The second-order valence-corrected chi connectivity index (χ2v) is 2.61. The van der Waals surface area contributed by atoms with Gasteiger partial charge in [-0.05, 0) is 30.7 Å². The molecule has 1 aromatic heterocycles. The fourth-order valence-electron chi connectivity index (χ4n) is 0.874. The first-order valence-corrected chi connectivity index (χ1v) is 3.80. The van der Waals surface area contributed by atoms with Gasteiger partial charge in [-0.2, -0.15) is 0 Å². The molecule has 0 saturated heterocycles. The van der Waals surface area contributed by atoms with E-state index >= 15 is 0 Å². The summed E-state index contributed by atoms with van der Waals surface area (Å²) in [7, 11) is 0. The molecule has 0 fully saturated rings. The molecule has 0 aliphatic rings. The van der Waals surface area contributed by atoms with Crippen molar-refractivity contribution in [3.8, 4) is 0 Å². The zero-order valence-corrected chi connectivity index (χ0v) is 6.96. The average Bonchev–Trinajstić information content (AvgIpc) is 2.55. The highest BCUT2D eigenvalue weighted by atomic mass is 19.1. The molecule has 3 heteroatoms. The minimum absolute atomic E-state index is 0.0169. The summed E-state index contributed by atoms with van der Waals surface area (Å²) in [6, 6.07) is 3.53. The van der Waals surface area contributed by atoms with Gasteiger partial charge in [0.25, 0.3) is 0 Å². The molecule has 0 saturated carbocycles. The van der Waals surface area contributed by atoms with E-state index in [1.807, 2.05) is 0 Å². The van der Waals surface area contributed by atoms with Gasteiger partial charge in [0.2, 0.25) is 0 Å². The molecule has 1 rings (SSSR count). The smallest absolute Gasteiger partial charge is 0.133 e. The van der Waals surface area contributed by atoms with Crippen LogP contribution in [0.25, 0.3) is 6.08 Å². The molecule has 0 aliphatic carbocycles. The zero-order chi connectivity index (χ0) is 8.97. The standard InChI is InChI=1S/C9H12FNO/c1-7(9(10)6-11)5-8-3-2-4-12-8/h2-5,9H,6,11H2,1H3/b7-5+. The van der Waals surface area contributed by atoms with Crippen LogP contribution in [0.1, 0.15) is 12.7 Å². The maximum absolute atomic E-state index is 12.9. The summed E-state index contributed by atoms with van der Waals surface area (Å²) in [5, 5.41) is 0. The Bertz CT molecular complexity index is 254. The van der Waals surface area contributed by atoms with Crippen molar-refractivity contribution >= 4 is 6.08 Å². The van der Waals surface area contributed by atoms with E-state index in [4.69, 9.17) is 10.2 Å². The van der Waals surface area contributed by atoms with Gasteiger partial charge < -0.3 is 10.2 Å². The lowest BCUT2D eigenvalue weighted by Gasteiger charge is -2.03. The van der Waals surface area contributed by atoms with E-state index in [0.29, 0.717) is 11.3 Å². The molecule has 0 spiro atoms. The monoisotopic (exact) mass is 169 g/mol. The molecule has 1 aromatic rings. The molecule has 1 heterocycles. The van der Waals surface area contributed by atoms with Gasteiger partial charge in [-0.1, -0.05) is 0 Å². The third-order valence-corrected chi connectivity index (χ3v) is 1.61. The Kier molecular flexibility index (Phi) is 3.05. The highest BCUT2D eigenvalue weighted by Gasteiger charge is 2.05. The van der Waals surface area contributed by atoms with Gasteiger partial charge in [0.05, 0.1) is 6.26 Å². The summed E-state index contributed by atoms with van der Waals surface area (Å²) in [4.78, 5) is 0. The van der Waals surface area contributed by atoms with Crippen LogP contribution >= 0.6 is 0 Å². The van der Waals surface area contributed by atoms with Gasteiger partial charge in [0.1, 0.15) is 11.9 Å². The Morgan fingerprint density at radius 3 is 3.08 bits per heavy atom. The number of nitrogens with two attached hydrogens (primary N) is 1. The quantitative estimate of drug-likeness (QED) is 0.751. The third-order valence-electron chi connectivity index (χ3n) is 1.61. The number of hydrogen-bond donors (Lipinski definition) is 1. The summed E-state index contributed by atoms with van der Waals surface area (Å²) >= 11 is 0. The minimum Gasteiger partial charge on any atom is -0.465 e. The molecule has 0 radical (unpaired) electrons. The van der Waals surface area contributed by atoms with Gasteiger partial charge in [-0.25, -0.2) is 4.39 Å². The van der Waals surface area contributed by atoms with Crippen LogP contribution in [0.2, 0.25) is 0 Å². The molecule has 12 heavy (non-hydrogen) atoms. The van der Waals surface area contributed by atoms with Crippen molar-refractivity contribution in [2.45, 2.75) is 13.1 Å². The average molecular weight is 169 g/mol. The second kappa shape index (κ2) is 4.07. The van der Waals surface area contributed by atoms with Crippen LogP contribution in [0, 0.1) is 0 Å². The van der Waals surface area contributed by atoms with Crippen molar-refractivity contribution in [1.29, 1.82) is 0 Å². The van der Waals surface area contributed by atoms with Crippen LogP contribution in [0.5, 0.6) is 0 Å². The van der Waals surface area contributed by atoms with Crippen LogP contribution < -0.4 is 5.73 Å². The van der Waals surface area contributed by atoms with E-state index < -0.39 is 6.17 Å². The maximum Gasteiger partial charge on any atom is 0.133 e. The number of alkyl halides is 1. The first kappa shape index (κ1) is 9.00. The summed E-state index contributed by atoms with van der Waals surface area (Å²) in [5.41, 5.74) is 5.75. The van der Waals surface area contributed by atoms with Crippen molar-refractivity contribution in [3.63, 3.8) is 0 Å². The summed E-state index contributed by atoms with van der Waals surface area (Å²) in [5.74, 6) is 0.656. The summed E-state index contributed by atoms with van der Waals surface area (Å²) < 4.78 is 17.9. The largest absolute Gasteiger partial charge is 0.465 e. The van der Waals surface area contributed by atoms with Gasteiger partial charge in [0, 0.05) is 6.54 Å². The van der Waals surface area contributed by atoms with Gasteiger partial charge >= 0.3 is 0 Å². The Labute approximate surface area is 70.9 Å². The highest BCUT2D eigenvalue weighted by molar-refractivity contribution is 5.47. The van der Waals surface area contributed by atoms with E-state index in [1.165, 1.54) is 0 Å². The first-order valence-electron chi connectivity index (χ1n) is 3.80. The van der Waals surface area contributed by atoms with Crippen molar-refractivity contribution in [1.82, 2.24) is 0 Å². The molecule has 1 unspecified atom stereocenters. The van der Waals surface area contributed by atoms with Gasteiger partial charge in [-0.3, -0.25) is 0 Å². The molecule has 66 valence electrons. The van der Waals surface area contributed by atoms with Crippen LogP contribution in [0.4, 0.5) is 4.39 Å².